The molecule has 2 aromatic carbocycles. The SMILES string of the molecule is C(CC1CNCCN1)=C(c1ccccc1)c1ccccc1. The normalized spacial score (nSPS) is 18.2. The van der Waals surface area contributed by atoms with E-state index in [1.807, 2.05) is 0 Å². The second-order valence-electron chi connectivity index (χ2n) is 5.44. The van der Waals surface area contributed by atoms with E-state index in [0.717, 1.165) is 26.1 Å². The lowest BCUT2D eigenvalue weighted by Gasteiger charge is -2.23. The van der Waals surface area contributed by atoms with Gasteiger partial charge >= 0.3 is 0 Å². The van der Waals surface area contributed by atoms with E-state index in [4.69, 9.17) is 0 Å². The zero-order valence-electron chi connectivity index (χ0n) is 12.3. The van der Waals surface area contributed by atoms with Crippen molar-refractivity contribution in [2.75, 3.05) is 19.6 Å². The van der Waals surface area contributed by atoms with Crippen LogP contribution < -0.4 is 10.6 Å². The molecule has 2 N–H and O–H groups in total. The van der Waals surface area contributed by atoms with Crippen LogP contribution in [0, 0.1) is 0 Å². The Bertz CT molecular complexity index is 528. The summed E-state index contributed by atoms with van der Waals surface area (Å²) in [4.78, 5) is 0. The molecule has 3 rings (SSSR count). The van der Waals surface area contributed by atoms with Crippen LogP contribution in [0.5, 0.6) is 0 Å². The molecule has 1 unspecified atom stereocenters. The van der Waals surface area contributed by atoms with Gasteiger partial charge in [-0.25, -0.2) is 0 Å². The van der Waals surface area contributed by atoms with E-state index >= 15 is 0 Å². The third kappa shape index (κ3) is 3.81. The highest BCUT2D eigenvalue weighted by molar-refractivity contribution is 5.79. The van der Waals surface area contributed by atoms with Gasteiger partial charge in [0.05, 0.1) is 0 Å². The Morgan fingerprint density at radius 2 is 1.52 bits per heavy atom. The van der Waals surface area contributed by atoms with Crippen LogP contribution >= 0.6 is 0 Å². The fraction of sp³-hybridized carbons (Fsp3) is 0.263. The van der Waals surface area contributed by atoms with Crippen molar-refractivity contribution in [3.63, 3.8) is 0 Å². The van der Waals surface area contributed by atoms with Gasteiger partial charge in [0.15, 0.2) is 0 Å². The lowest BCUT2D eigenvalue weighted by atomic mass is 9.96. The van der Waals surface area contributed by atoms with Crippen LogP contribution in [0.4, 0.5) is 0 Å². The quantitative estimate of drug-likeness (QED) is 0.898. The molecular formula is C19H22N2. The van der Waals surface area contributed by atoms with Crippen molar-refractivity contribution in [2.24, 2.45) is 0 Å². The van der Waals surface area contributed by atoms with E-state index in [1.54, 1.807) is 0 Å². The number of benzene rings is 2. The fourth-order valence-corrected chi connectivity index (χ4v) is 2.78. The van der Waals surface area contributed by atoms with E-state index in [-0.39, 0.29) is 0 Å². The standard InChI is InChI=1S/C19H22N2/c1-3-7-16(8-4-1)19(17-9-5-2-6-10-17)12-11-18-15-20-13-14-21-18/h1-10,12,18,20-21H,11,13-15H2. The first-order valence-corrected chi connectivity index (χ1v) is 7.68. The zero-order valence-corrected chi connectivity index (χ0v) is 12.3. The molecule has 0 aliphatic carbocycles. The molecule has 0 saturated carbocycles. The maximum absolute atomic E-state index is 3.57. The van der Waals surface area contributed by atoms with Gasteiger partial charge in [-0.3, -0.25) is 0 Å². The fourth-order valence-electron chi connectivity index (χ4n) is 2.78. The smallest absolute Gasteiger partial charge is 0.0227 e. The van der Waals surface area contributed by atoms with Crippen LogP contribution in [0.1, 0.15) is 17.5 Å². The van der Waals surface area contributed by atoms with Crippen molar-refractivity contribution in [3.8, 4) is 0 Å². The summed E-state index contributed by atoms with van der Waals surface area (Å²) in [5.41, 5.74) is 3.89. The molecule has 0 radical (unpaired) electrons. The molecule has 2 heteroatoms. The Morgan fingerprint density at radius 1 is 0.905 bits per heavy atom. The van der Waals surface area contributed by atoms with Gasteiger partial charge < -0.3 is 10.6 Å². The first-order chi connectivity index (χ1) is 10.4. The Hall–Kier alpha value is -1.90. The number of hydrogen-bond acceptors (Lipinski definition) is 2. The van der Waals surface area contributed by atoms with Crippen LogP contribution in [0.15, 0.2) is 66.7 Å². The van der Waals surface area contributed by atoms with Gasteiger partial charge in [-0.1, -0.05) is 66.7 Å². The predicted octanol–water partition coefficient (Wildman–Crippen LogP) is 3.07. The zero-order chi connectivity index (χ0) is 14.3. The molecule has 108 valence electrons. The van der Waals surface area contributed by atoms with Crippen molar-refractivity contribution in [2.45, 2.75) is 12.5 Å². The van der Waals surface area contributed by atoms with Crippen molar-refractivity contribution < 1.29 is 0 Å². The molecule has 1 saturated heterocycles. The highest BCUT2D eigenvalue weighted by Gasteiger charge is 2.11. The average molecular weight is 278 g/mol. The number of hydrogen-bond donors (Lipinski definition) is 2. The molecule has 0 spiro atoms. The molecule has 0 bridgehead atoms. The monoisotopic (exact) mass is 278 g/mol. The molecule has 1 heterocycles. The van der Waals surface area contributed by atoms with Crippen molar-refractivity contribution in [1.29, 1.82) is 0 Å². The predicted molar refractivity (Wildman–Crippen MR) is 89.2 cm³/mol. The summed E-state index contributed by atoms with van der Waals surface area (Å²) in [6.07, 6.45) is 3.42. The molecular weight excluding hydrogens is 256 g/mol. The second-order valence-corrected chi connectivity index (χ2v) is 5.44. The van der Waals surface area contributed by atoms with E-state index in [2.05, 4.69) is 77.4 Å². The van der Waals surface area contributed by atoms with Crippen LogP contribution in [-0.4, -0.2) is 25.7 Å². The largest absolute Gasteiger partial charge is 0.314 e. The average Bonchev–Trinajstić information content (AvgIpc) is 2.58. The van der Waals surface area contributed by atoms with Gasteiger partial charge in [-0.15, -0.1) is 0 Å². The van der Waals surface area contributed by atoms with E-state index in [0.29, 0.717) is 6.04 Å². The Balaban J connectivity index is 1.85. The van der Waals surface area contributed by atoms with Gasteiger partial charge in [0.1, 0.15) is 0 Å². The maximum Gasteiger partial charge on any atom is 0.0227 e. The minimum atomic E-state index is 0.529. The highest BCUT2D eigenvalue weighted by atomic mass is 15.0. The van der Waals surface area contributed by atoms with Crippen LogP contribution in [0.3, 0.4) is 0 Å². The summed E-state index contributed by atoms with van der Waals surface area (Å²) < 4.78 is 0. The van der Waals surface area contributed by atoms with E-state index in [1.165, 1.54) is 16.7 Å². The number of piperazine rings is 1. The minimum absolute atomic E-state index is 0.529. The molecule has 1 aliphatic heterocycles. The Kier molecular flexibility index (Phi) is 4.82. The van der Waals surface area contributed by atoms with Gasteiger partial charge in [-0.2, -0.15) is 0 Å². The summed E-state index contributed by atoms with van der Waals surface area (Å²) in [7, 11) is 0. The van der Waals surface area contributed by atoms with Crippen LogP contribution in [0.25, 0.3) is 5.57 Å². The molecule has 1 atom stereocenters. The van der Waals surface area contributed by atoms with Crippen molar-refractivity contribution in [1.82, 2.24) is 10.6 Å². The second kappa shape index (κ2) is 7.21. The van der Waals surface area contributed by atoms with Gasteiger partial charge in [0, 0.05) is 25.7 Å². The Morgan fingerprint density at radius 3 is 2.05 bits per heavy atom. The summed E-state index contributed by atoms with van der Waals surface area (Å²) >= 11 is 0. The maximum atomic E-state index is 3.57. The molecule has 1 fully saturated rings. The van der Waals surface area contributed by atoms with Crippen molar-refractivity contribution in [3.05, 3.63) is 77.9 Å². The first-order valence-electron chi connectivity index (χ1n) is 7.68. The summed E-state index contributed by atoms with van der Waals surface area (Å²) in [6, 6.07) is 21.8. The molecule has 0 aromatic heterocycles. The molecule has 1 aliphatic rings. The van der Waals surface area contributed by atoms with E-state index < -0.39 is 0 Å². The summed E-state index contributed by atoms with van der Waals surface area (Å²) in [6.45, 7) is 3.18. The van der Waals surface area contributed by atoms with Crippen LogP contribution in [0.2, 0.25) is 0 Å². The molecule has 2 aromatic rings. The summed E-state index contributed by atoms with van der Waals surface area (Å²) in [5.74, 6) is 0. The van der Waals surface area contributed by atoms with Crippen LogP contribution in [-0.2, 0) is 0 Å². The highest BCUT2D eigenvalue weighted by Crippen LogP contribution is 2.24. The van der Waals surface area contributed by atoms with Gasteiger partial charge in [-0.05, 0) is 23.1 Å². The Labute approximate surface area is 126 Å². The molecule has 2 nitrogen and oxygen atoms in total. The lowest BCUT2D eigenvalue weighted by molar-refractivity contribution is 0.421. The topological polar surface area (TPSA) is 24.1 Å². The third-order valence-electron chi connectivity index (χ3n) is 3.90. The number of rotatable bonds is 4. The van der Waals surface area contributed by atoms with Gasteiger partial charge in [0.25, 0.3) is 0 Å². The summed E-state index contributed by atoms with van der Waals surface area (Å²) in [5, 5.41) is 7.02. The van der Waals surface area contributed by atoms with Crippen molar-refractivity contribution >= 4 is 5.57 Å². The molecule has 21 heavy (non-hydrogen) atoms. The third-order valence-corrected chi connectivity index (χ3v) is 3.90. The van der Waals surface area contributed by atoms with Gasteiger partial charge in [0.2, 0.25) is 0 Å². The van der Waals surface area contributed by atoms with E-state index in [9.17, 15) is 0 Å². The first kappa shape index (κ1) is 14.1. The lowest BCUT2D eigenvalue weighted by Crippen LogP contribution is -2.47. The number of nitrogens with one attached hydrogen (secondary N) is 2. The molecule has 0 amide bonds. The minimum Gasteiger partial charge on any atom is -0.314 e.